The van der Waals surface area contributed by atoms with Crippen LogP contribution in [0.5, 0.6) is 0 Å². The van der Waals surface area contributed by atoms with Crippen LogP contribution in [0.1, 0.15) is 24.8 Å². The van der Waals surface area contributed by atoms with Gasteiger partial charge in [-0.2, -0.15) is 13.8 Å². The van der Waals surface area contributed by atoms with Gasteiger partial charge in [-0.3, -0.25) is 0 Å². The molecule has 3 aromatic heterocycles. The molecule has 0 aromatic carbocycles. The summed E-state index contributed by atoms with van der Waals surface area (Å²) in [5, 5.41) is -0.804. The molecule has 0 aliphatic carbocycles. The van der Waals surface area contributed by atoms with E-state index in [-0.39, 0.29) is 5.56 Å². The van der Waals surface area contributed by atoms with Gasteiger partial charge in [-0.1, -0.05) is 17.4 Å². The second-order valence-corrected chi connectivity index (χ2v) is 8.13. The Morgan fingerprint density at radius 1 is 1.17 bits per heavy atom. The molecule has 4 rings (SSSR count). The first-order chi connectivity index (χ1) is 11.5. The molecule has 0 saturated carbocycles. The molecule has 0 radical (unpaired) electrons. The zero-order valence-corrected chi connectivity index (χ0v) is 15.0. The van der Waals surface area contributed by atoms with Crippen LogP contribution in [-0.2, 0) is 5.38 Å². The maximum absolute atomic E-state index is 14.0. The van der Waals surface area contributed by atoms with Gasteiger partial charge in [0.15, 0.2) is 10.8 Å². The Morgan fingerprint density at radius 2 is 1.96 bits per heavy atom. The zero-order chi connectivity index (χ0) is 16.7. The smallest absolute Gasteiger partial charge is 0.348 e. The molecule has 4 heterocycles. The maximum Gasteiger partial charge on any atom is 0.349 e. The molecule has 3 aromatic rings. The normalized spacial score (nSPS) is 16.0. The summed E-state index contributed by atoms with van der Waals surface area (Å²) in [6.07, 6.45) is 3.40. The van der Waals surface area contributed by atoms with Crippen molar-refractivity contribution in [2.24, 2.45) is 0 Å². The molecule has 1 fully saturated rings. The maximum atomic E-state index is 14.0. The summed E-state index contributed by atoms with van der Waals surface area (Å²) in [6.45, 7) is 1.81. The van der Waals surface area contributed by atoms with Crippen LogP contribution < -0.4 is 4.90 Å². The number of fused-ring (bicyclic) bond motifs is 1. The minimum Gasteiger partial charge on any atom is -0.348 e. The molecular weight excluding hydrogens is 372 g/mol. The molecule has 3 nitrogen and oxygen atoms in total. The first-order valence-corrected chi connectivity index (χ1v) is 9.77. The fourth-order valence-corrected chi connectivity index (χ4v) is 4.88. The van der Waals surface area contributed by atoms with Crippen molar-refractivity contribution in [3.05, 3.63) is 29.1 Å². The van der Waals surface area contributed by atoms with Crippen molar-refractivity contribution in [2.45, 2.75) is 24.6 Å². The second kappa shape index (κ2) is 6.20. The van der Waals surface area contributed by atoms with Gasteiger partial charge in [0, 0.05) is 13.1 Å². The lowest BCUT2D eigenvalue weighted by Gasteiger charge is -2.25. The first-order valence-electron chi connectivity index (χ1n) is 7.70. The Hall–Kier alpha value is -1.31. The number of nitrogens with zero attached hydrogens (tertiary/aromatic N) is 3. The number of hydrogen-bond donors (Lipinski definition) is 0. The number of piperidine rings is 1. The molecule has 0 unspecified atom stereocenters. The number of thiophene rings is 1. The summed E-state index contributed by atoms with van der Waals surface area (Å²) in [4.78, 5) is 12.0. The van der Waals surface area contributed by atoms with Crippen LogP contribution in [0.2, 0.25) is 0 Å². The third-order valence-corrected chi connectivity index (χ3v) is 6.29. The highest BCUT2D eigenvalue weighted by Crippen LogP contribution is 2.43. The lowest BCUT2D eigenvalue weighted by atomic mass is 10.1. The van der Waals surface area contributed by atoms with Crippen molar-refractivity contribution in [1.82, 2.24) is 9.97 Å². The van der Waals surface area contributed by atoms with E-state index in [1.165, 1.54) is 35.2 Å². The van der Waals surface area contributed by atoms with Crippen molar-refractivity contribution in [3.63, 3.8) is 0 Å². The van der Waals surface area contributed by atoms with E-state index in [1.54, 1.807) is 0 Å². The highest BCUT2D eigenvalue weighted by Gasteiger charge is 2.33. The number of thiazole rings is 1. The largest absolute Gasteiger partial charge is 0.349 e. The quantitative estimate of drug-likeness (QED) is 0.541. The summed E-state index contributed by atoms with van der Waals surface area (Å²) >= 11 is 8.08. The van der Waals surface area contributed by atoms with Crippen molar-refractivity contribution in [2.75, 3.05) is 18.0 Å². The molecule has 1 aliphatic heterocycles. The summed E-state index contributed by atoms with van der Waals surface area (Å²) < 4.78 is 28.3. The zero-order valence-electron chi connectivity index (χ0n) is 12.6. The third kappa shape index (κ3) is 3.00. The van der Waals surface area contributed by atoms with E-state index >= 15 is 0 Å². The summed E-state index contributed by atoms with van der Waals surface area (Å²) in [5.41, 5.74) is 0.628. The Bertz CT molecular complexity index is 852. The van der Waals surface area contributed by atoms with E-state index in [0.717, 1.165) is 35.9 Å². The van der Waals surface area contributed by atoms with Crippen molar-refractivity contribution in [1.29, 1.82) is 0 Å². The number of anilines is 1. The molecule has 0 bridgehead atoms. The lowest BCUT2D eigenvalue weighted by molar-refractivity contribution is 0.0970. The van der Waals surface area contributed by atoms with E-state index in [9.17, 15) is 8.78 Å². The van der Waals surface area contributed by atoms with Crippen LogP contribution in [0.25, 0.3) is 20.9 Å². The fourth-order valence-electron chi connectivity index (χ4n) is 2.88. The highest BCUT2D eigenvalue weighted by molar-refractivity contribution is 7.22. The van der Waals surface area contributed by atoms with Crippen LogP contribution in [0, 0.1) is 0 Å². The number of pyridine rings is 1. The number of halogens is 3. The van der Waals surface area contributed by atoms with Crippen molar-refractivity contribution in [3.8, 4) is 10.6 Å². The molecule has 0 spiro atoms. The van der Waals surface area contributed by atoms with Crippen LogP contribution >= 0.6 is 34.3 Å². The molecular formula is C16H14ClF2N3S2. The molecule has 24 heavy (non-hydrogen) atoms. The van der Waals surface area contributed by atoms with Gasteiger partial charge in [0.05, 0.1) is 20.8 Å². The van der Waals surface area contributed by atoms with E-state index in [2.05, 4.69) is 14.9 Å². The summed E-state index contributed by atoms with van der Waals surface area (Å²) in [7, 11) is 0. The minimum atomic E-state index is -3.45. The van der Waals surface area contributed by atoms with E-state index in [4.69, 9.17) is 11.6 Å². The SMILES string of the molecule is FC(F)(Cl)c1cc(-c2cccs2)nc2nc(N3CCCCC3)sc12. The lowest BCUT2D eigenvalue weighted by Crippen LogP contribution is -2.29. The van der Waals surface area contributed by atoms with Gasteiger partial charge in [-0.15, -0.1) is 11.3 Å². The van der Waals surface area contributed by atoms with E-state index in [1.807, 2.05) is 17.5 Å². The second-order valence-electron chi connectivity index (χ2n) is 5.73. The van der Waals surface area contributed by atoms with Crippen molar-refractivity contribution >= 4 is 49.8 Å². The van der Waals surface area contributed by atoms with Gasteiger partial charge >= 0.3 is 5.38 Å². The van der Waals surface area contributed by atoms with Crippen molar-refractivity contribution < 1.29 is 8.78 Å². The Labute approximate surface area is 150 Å². The summed E-state index contributed by atoms with van der Waals surface area (Å²) in [5.74, 6) is 0. The number of hydrogen-bond acceptors (Lipinski definition) is 5. The molecule has 8 heteroatoms. The van der Waals surface area contributed by atoms with E-state index in [0.29, 0.717) is 16.0 Å². The fraction of sp³-hybridized carbons (Fsp3) is 0.375. The van der Waals surface area contributed by atoms with Crippen LogP contribution in [0.4, 0.5) is 13.9 Å². The Morgan fingerprint density at radius 3 is 2.62 bits per heavy atom. The standard InChI is InChI=1S/C16H14ClF2N3S2/c17-16(18,19)10-9-11(12-5-4-8-23-12)20-14-13(10)24-15(21-14)22-6-2-1-3-7-22/h4-5,8-9H,1-3,6-7H2. The van der Waals surface area contributed by atoms with Gasteiger partial charge in [0.2, 0.25) is 0 Å². The Balaban J connectivity index is 1.87. The molecule has 0 amide bonds. The van der Waals surface area contributed by atoms with Gasteiger partial charge in [-0.25, -0.2) is 4.98 Å². The Kier molecular flexibility index (Phi) is 4.18. The highest BCUT2D eigenvalue weighted by atomic mass is 35.5. The average molecular weight is 386 g/mol. The first kappa shape index (κ1) is 16.2. The molecule has 0 atom stereocenters. The molecule has 0 N–H and O–H groups in total. The van der Waals surface area contributed by atoms with Gasteiger partial charge in [0.1, 0.15) is 0 Å². The van der Waals surface area contributed by atoms with Crippen LogP contribution in [0.3, 0.4) is 0 Å². The third-order valence-electron chi connectivity index (χ3n) is 4.06. The average Bonchev–Trinajstić information content (AvgIpc) is 3.23. The molecule has 1 saturated heterocycles. The minimum absolute atomic E-state index is 0.210. The predicted octanol–water partition coefficient (Wildman–Crippen LogP) is 5.70. The number of rotatable bonds is 3. The molecule has 126 valence electrons. The van der Waals surface area contributed by atoms with Gasteiger partial charge < -0.3 is 4.90 Å². The summed E-state index contributed by atoms with van der Waals surface area (Å²) in [6, 6.07) is 5.11. The predicted molar refractivity (Wildman–Crippen MR) is 96.5 cm³/mol. The topological polar surface area (TPSA) is 29.0 Å². The van der Waals surface area contributed by atoms with E-state index < -0.39 is 5.38 Å². The monoisotopic (exact) mass is 385 g/mol. The number of alkyl halides is 3. The van der Waals surface area contributed by atoms with Gasteiger partial charge in [-0.05, 0) is 48.4 Å². The van der Waals surface area contributed by atoms with Gasteiger partial charge in [0.25, 0.3) is 0 Å². The van der Waals surface area contributed by atoms with Crippen LogP contribution in [0.15, 0.2) is 23.6 Å². The van der Waals surface area contributed by atoms with Crippen LogP contribution in [-0.4, -0.2) is 23.1 Å². The number of aromatic nitrogens is 2. The molecule has 1 aliphatic rings.